The molecule has 5 heteroatoms. The van der Waals surface area contributed by atoms with Crippen LogP contribution < -0.4 is 5.43 Å². The van der Waals surface area contributed by atoms with E-state index >= 15 is 0 Å². The van der Waals surface area contributed by atoms with Gasteiger partial charge in [-0.3, -0.25) is 10.2 Å². The Morgan fingerprint density at radius 3 is 2.69 bits per heavy atom. The summed E-state index contributed by atoms with van der Waals surface area (Å²) < 4.78 is 2.00. The lowest BCUT2D eigenvalue weighted by atomic mass is 10.1. The first-order valence-electron chi connectivity index (χ1n) is 9.98. The van der Waals surface area contributed by atoms with Crippen molar-refractivity contribution in [3.05, 3.63) is 47.3 Å². The van der Waals surface area contributed by atoms with Crippen molar-refractivity contribution in [2.45, 2.75) is 64.3 Å². The van der Waals surface area contributed by atoms with Crippen molar-refractivity contribution in [3.8, 4) is 5.69 Å². The van der Waals surface area contributed by atoms with Crippen molar-refractivity contribution in [1.29, 1.82) is 0 Å². The molecule has 1 unspecified atom stereocenters. The van der Waals surface area contributed by atoms with E-state index in [-0.39, 0.29) is 5.91 Å². The predicted molar refractivity (Wildman–Crippen MR) is 102 cm³/mol. The van der Waals surface area contributed by atoms with Crippen molar-refractivity contribution in [3.63, 3.8) is 0 Å². The molecule has 1 N–H and O–H groups in total. The molecule has 1 saturated heterocycles. The van der Waals surface area contributed by atoms with Gasteiger partial charge in [-0.1, -0.05) is 31.0 Å². The zero-order chi connectivity index (χ0) is 17.9. The van der Waals surface area contributed by atoms with Crippen LogP contribution in [0.4, 0.5) is 0 Å². The second kappa shape index (κ2) is 7.62. The number of hydrogen-bond donors (Lipinski definition) is 1. The van der Waals surface area contributed by atoms with Gasteiger partial charge < -0.3 is 0 Å². The Hall–Kier alpha value is -2.14. The van der Waals surface area contributed by atoms with E-state index in [0.717, 1.165) is 56.3 Å². The van der Waals surface area contributed by atoms with Gasteiger partial charge in [0.1, 0.15) is 0 Å². The average Bonchev–Trinajstić information content (AvgIpc) is 2.86. The summed E-state index contributed by atoms with van der Waals surface area (Å²) in [7, 11) is 0. The summed E-state index contributed by atoms with van der Waals surface area (Å²) in [5, 5.41) is 6.87. The Labute approximate surface area is 155 Å². The molecule has 0 saturated carbocycles. The van der Waals surface area contributed by atoms with E-state index in [1.165, 1.54) is 18.5 Å². The van der Waals surface area contributed by atoms with Gasteiger partial charge in [-0.15, -0.1) is 0 Å². The van der Waals surface area contributed by atoms with Crippen LogP contribution in [0, 0.1) is 0 Å². The number of nitrogens with one attached hydrogen (secondary N) is 1. The third-order valence-corrected chi connectivity index (χ3v) is 5.69. The van der Waals surface area contributed by atoms with Gasteiger partial charge >= 0.3 is 0 Å². The maximum Gasteiger partial charge on any atom is 0.286 e. The quantitative estimate of drug-likeness (QED) is 0.858. The topological polar surface area (TPSA) is 50.2 Å². The first-order chi connectivity index (χ1) is 12.7. The molecule has 2 aromatic rings. The summed E-state index contributed by atoms with van der Waals surface area (Å²) in [6.45, 7) is 3.11. The number of piperidine rings is 1. The standard InChI is InChI=1S/C21H28N4O/c1-16-10-8-9-15-24(16)23-21(26)20-18-13-6-3-7-14-19(18)25(22-20)17-11-4-2-5-12-17/h2,4-5,11-12,16H,3,6-10,13-15H2,1H3,(H,23,26). The minimum absolute atomic E-state index is 0.0495. The third-order valence-electron chi connectivity index (χ3n) is 5.69. The van der Waals surface area contributed by atoms with E-state index < -0.39 is 0 Å². The Morgan fingerprint density at radius 1 is 1.08 bits per heavy atom. The summed E-state index contributed by atoms with van der Waals surface area (Å²) in [4.78, 5) is 13.1. The molecule has 1 aliphatic carbocycles. The Balaban J connectivity index is 1.67. The number of rotatable bonds is 3. The largest absolute Gasteiger partial charge is 0.286 e. The highest BCUT2D eigenvalue weighted by Gasteiger charge is 2.27. The molecule has 5 nitrogen and oxygen atoms in total. The van der Waals surface area contributed by atoms with Crippen LogP contribution in [-0.2, 0) is 12.8 Å². The molecular formula is C21H28N4O. The SMILES string of the molecule is CC1CCCCN1NC(=O)c1nn(-c2ccccc2)c2c1CCCCC2. The number of carbonyl (C=O) groups is 1. The van der Waals surface area contributed by atoms with E-state index in [1.807, 2.05) is 22.9 Å². The highest BCUT2D eigenvalue weighted by atomic mass is 16.2. The van der Waals surface area contributed by atoms with Gasteiger partial charge in [0.15, 0.2) is 5.69 Å². The summed E-state index contributed by atoms with van der Waals surface area (Å²) in [5.41, 5.74) is 7.15. The minimum Gasteiger partial charge on any atom is -0.283 e. The Kier molecular flexibility index (Phi) is 5.07. The van der Waals surface area contributed by atoms with Gasteiger partial charge in [-0.2, -0.15) is 5.10 Å². The molecule has 2 aliphatic rings. The van der Waals surface area contributed by atoms with E-state index in [2.05, 4.69) is 29.5 Å². The number of para-hydroxylation sites is 1. The Bertz CT molecular complexity index is 768. The first-order valence-corrected chi connectivity index (χ1v) is 9.98. The van der Waals surface area contributed by atoms with Gasteiger partial charge in [-0.05, 0) is 57.6 Å². The zero-order valence-electron chi connectivity index (χ0n) is 15.6. The number of amides is 1. The molecular weight excluding hydrogens is 324 g/mol. The van der Waals surface area contributed by atoms with Gasteiger partial charge in [0.25, 0.3) is 5.91 Å². The van der Waals surface area contributed by atoms with E-state index in [1.54, 1.807) is 0 Å². The third kappa shape index (κ3) is 3.40. The number of hydrazine groups is 1. The highest BCUT2D eigenvalue weighted by Crippen LogP contribution is 2.26. The number of nitrogens with zero attached hydrogens (tertiary/aromatic N) is 3. The summed E-state index contributed by atoms with van der Waals surface area (Å²) in [5.74, 6) is -0.0495. The molecule has 1 aromatic heterocycles. The van der Waals surface area contributed by atoms with Crippen LogP contribution in [0.15, 0.2) is 30.3 Å². The number of hydrogen-bond acceptors (Lipinski definition) is 3. The lowest BCUT2D eigenvalue weighted by molar-refractivity contribution is 0.0606. The van der Waals surface area contributed by atoms with Gasteiger partial charge in [0, 0.05) is 23.8 Å². The fourth-order valence-electron chi connectivity index (χ4n) is 4.19. The minimum atomic E-state index is -0.0495. The Morgan fingerprint density at radius 2 is 1.88 bits per heavy atom. The molecule has 1 aromatic carbocycles. The van der Waals surface area contributed by atoms with Crippen LogP contribution in [-0.4, -0.2) is 33.3 Å². The van der Waals surface area contributed by atoms with Crippen LogP contribution >= 0.6 is 0 Å². The average molecular weight is 352 g/mol. The summed E-state index contributed by atoms with van der Waals surface area (Å²) in [6.07, 6.45) is 8.96. The summed E-state index contributed by atoms with van der Waals surface area (Å²) >= 11 is 0. The van der Waals surface area contributed by atoms with Crippen molar-refractivity contribution in [2.24, 2.45) is 0 Å². The van der Waals surface area contributed by atoms with Crippen molar-refractivity contribution >= 4 is 5.91 Å². The van der Waals surface area contributed by atoms with Crippen LogP contribution in [0.2, 0.25) is 0 Å². The lowest BCUT2D eigenvalue weighted by Crippen LogP contribution is -2.50. The smallest absolute Gasteiger partial charge is 0.283 e. The molecule has 0 radical (unpaired) electrons. The lowest BCUT2D eigenvalue weighted by Gasteiger charge is -2.33. The van der Waals surface area contributed by atoms with Gasteiger partial charge in [0.05, 0.1) is 5.69 Å². The van der Waals surface area contributed by atoms with Gasteiger partial charge in [-0.25, -0.2) is 9.69 Å². The second-order valence-electron chi connectivity index (χ2n) is 7.56. The highest BCUT2D eigenvalue weighted by molar-refractivity contribution is 5.93. The normalized spacial score (nSPS) is 21.0. The molecule has 1 amide bonds. The molecule has 138 valence electrons. The molecule has 0 spiro atoms. The molecule has 0 bridgehead atoms. The number of aromatic nitrogens is 2. The second-order valence-corrected chi connectivity index (χ2v) is 7.56. The van der Waals surface area contributed by atoms with Crippen LogP contribution in [0.1, 0.15) is 67.2 Å². The van der Waals surface area contributed by atoms with E-state index in [4.69, 9.17) is 5.10 Å². The maximum absolute atomic E-state index is 13.1. The molecule has 26 heavy (non-hydrogen) atoms. The van der Waals surface area contributed by atoms with Crippen molar-refractivity contribution < 1.29 is 4.79 Å². The number of carbonyl (C=O) groups excluding carboxylic acids is 1. The monoisotopic (exact) mass is 352 g/mol. The summed E-state index contributed by atoms with van der Waals surface area (Å²) in [6, 6.07) is 10.6. The molecule has 1 fully saturated rings. The van der Waals surface area contributed by atoms with Crippen molar-refractivity contribution in [2.75, 3.05) is 6.54 Å². The van der Waals surface area contributed by atoms with E-state index in [0.29, 0.717) is 11.7 Å². The van der Waals surface area contributed by atoms with Crippen LogP contribution in [0.5, 0.6) is 0 Å². The zero-order valence-corrected chi connectivity index (χ0v) is 15.6. The van der Waals surface area contributed by atoms with Gasteiger partial charge in [0.2, 0.25) is 0 Å². The number of fused-ring (bicyclic) bond motifs is 1. The molecule has 1 aliphatic heterocycles. The first kappa shape index (κ1) is 17.3. The fourth-order valence-corrected chi connectivity index (χ4v) is 4.19. The number of benzene rings is 1. The van der Waals surface area contributed by atoms with Crippen molar-refractivity contribution in [1.82, 2.24) is 20.2 Å². The maximum atomic E-state index is 13.1. The fraction of sp³-hybridized carbons (Fsp3) is 0.524. The molecule has 1 atom stereocenters. The van der Waals surface area contributed by atoms with Crippen LogP contribution in [0.3, 0.4) is 0 Å². The molecule has 2 heterocycles. The van der Waals surface area contributed by atoms with E-state index in [9.17, 15) is 4.79 Å². The van der Waals surface area contributed by atoms with Crippen LogP contribution in [0.25, 0.3) is 5.69 Å². The molecule has 4 rings (SSSR count). The predicted octanol–water partition coefficient (Wildman–Crippen LogP) is 3.66.